The van der Waals surface area contributed by atoms with Gasteiger partial charge in [-0.2, -0.15) is 9.40 Å². The Bertz CT molecular complexity index is 523. The standard InChI is InChI=1S/C10H17N3O4S/c1-4-13(8(2)5-10(14)15)18(16,17)9-6-11-12(3)7-9/h6-8H,4-5H2,1-3H3,(H,14,15). The fourth-order valence-electron chi connectivity index (χ4n) is 1.74. The minimum atomic E-state index is -3.69. The fraction of sp³-hybridized carbons (Fsp3) is 0.600. The molecule has 1 rings (SSSR count). The molecule has 0 amide bonds. The maximum absolute atomic E-state index is 12.3. The van der Waals surface area contributed by atoms with Crippen molar-refractivity contribution in [2.45, 2.75) is 31.2 Å². The number of nitrogens with zero attached hydrogens (tertiary/aromatic N) is 3. The molecule has 8 heteroatoms. The van der Waals surface area contributed by atoms with Gasteiger partial charge in [0.2, 0.25) is 10.0 Å². The van der Waals surface area contributed by atoms with E-state index in [1.165, 1.54) is 17.1 Å². The molecule has 0 aromatic carbocycles. The lowest BCUT2D eigenvalue weighted by Crippen LogP contribution is -2.39. The van der Waals surface area contributed by atoms with E-state index in [2.05, 4.69) is 5.10 Å². The Morgan fingerprint density at radius 1 is 1.61 bits per heavy atom. The number of sulfonamides is 1. The monoisotopic (exact) mass is 275 g/mol. The molecule has 0 spiro atoms. The second-order valence-electron chi connectivity index (χ2n) is 4.00. The molecule has 0 saturated heterocycles. The number of carboxylic acid groups (broad SMARTS) is 1. The molecule has 1 atom stereocenters. The van der Waals surface area contributed by atoms with E-state index in [-0.39, 0.29) is 17.9 Å². The van der Waals surface area contributed by atoms with Crippen LogP contribution in [0.15, 0.2) is 17.3 Å². The normalized spacial score (nSPS) is 13.8. The average molecular weight is 275 g/mol. The first-order valence-corrected chi connectivity index (χ1v) is 6.95. The van der Waals surface area contributed by atoms with Gasteiger partial charge in [0.1, 0.15) is 4.90 Å². The number of carboxylic acids is 1. The molecule has 0 aliphatic carbocycles. The second kappa shape index (κ2) is 5.49. The highest BCUT2D eigenvalue weighted by Crippen LogP contribution is 2.18. The third kappa shape index (κ3) is 3.08. The van der Waals surface area contributed by atoms with Gasteiger partial charge in [0.15, 0.2) is 0 Å². The van der Waals surface area contributed by atoms with Crippen LogP contribution >= 0.6 is 0 Å². The van der Waals surface area contributed by atoms with Crippen LogP contribution in [0.4, 0.5) is 0 Å². The summed E-state index contributed by atoms with van der Waals surface area (Å²) in [5.74, 6) is -1.03. The average Bonchev–Trinajstić information content (AvgIpc) is 2.64. The number of hydrogen-bond acceptors (Lipinski definition) is 4. The molecule has 0 aliphatic rings. The summed E-state index contributed by atoms with van der Waals surface area (Å²) in [6, 6.07) is -0.599. The molecule has 0 aliphatic heterocycles. The Morgan fingerprint density at radius 3 is 2.61 bits per heavy atom. The molecule has 1 heterocycles. The molecule has 0 saturated carbocycles. The molecule has 0 bridgehead atoms. The van der Waals surface area contributed by atoms with Crippen molar-refractivity contribution in [1.29, 1.82) is 0 Å². The summed E-state index contributed by atoms with van der Waals surface area (Å²) in [5.41, 5.74) is 0. The second-order valence-corrected chi connectivity index (χ2v) is 5.90. The van der Waals surface area contributed by atoms with Crippen LogP contribution in [0.5, 0.6) is 0 Å². The summed E-state index contributed by atoms with van der Waals surface area (Å²) in [6.45, 7) is 3.46. The summed E-state index contributed by atoms with van der Waals surface area (Å²) in [6.07, 6.45) is 2.42. The molecular formula is C10H17N3O4S. The minimum absolute atomic E-state index is 0.0732. The third-order valence-corrected chi connectivity index (χ3v) is 4.60. The first kappa shape index (κ1) is 14.7. The van der Waals surface area contributed by atoms with Gasteiger partial charge in [-0.1, -0.05) is 6.92 Å². The van der Waals surface area contributed by atoms with E-state index < -0.39 is 22.0 Å². The van der Waals surface area contributed by atoms with E-state index in [9.17, 15) is 13.2 Å². The van der Waals surface area contributed by atoms with Crippen LogP contribution in [0.2, 0.25) is 0 Å². The highest BCUT2D eigenvalue weighted by Gasteiger charge is 2.29. The predicted molar refractivity (Wildman–Crippen MR) is 64.5 cm³/mol. The number of aromatic nitrogens is 2. The first-order valence-electron chi connectivity index (χ1n) is 5.51. The highest BCUT2D eigenvalue weighted by atomic mass is 32.2. The third-order valence-electron chi connectivity index (χ3n) is 2.56. The topological polar surface area (TPSA) is 92.5 Å². The van der Waals surface area contributed by atoms with Crippen LogP contribution < -0.4 is 0 Å². The van der Waals surface area contributed by atoms with Crippen molar-refractivity contribution >= 4 is 16.0 Å². The number of aliphatic carboxylic acids is 1. The molecule has 18 heavy (non-hydrogen) atoms. The van der Waals surface area contributed by atoms with Gasteiger partial charge in [-0.05, 0) is 6.92 Å². The van der Waals surface area contributed by atoms with Crippen LogP contribution in [0.1, 0.15) is 20.3 Å². The molecule has 1 unspecified atom stereocenters. The van der Waals surface area contributed by atoms with Crippen molar-refractivity contribution in [1.82, 2.24) is 14.1 Å². The fourth-order valence-corrected chi connectivity index (χ4v) is 3.37. The number of carbonyl (C=O) groups is 1. The molecule has 0 radical (unpaired) electrons. The Balaban J connectivity index is 3.04. The lowest BCUT2D eigenvalue weighted by atomic mass is 10.2. The van der Waals surface area contributed by atoms with Crippen LogP contribution in [0, 0.1) is 0 Å². The zero-order valence-electron chi connectivity index (χ0n) is 10.6. The number of rotatable bonds is 6. The molecule has 7 nitrogen and oxygen atoms in total. The van der Waals surface area contributed by atoms with E-state index in [0.29, 0.717) is 0 Å². The van der Waals surface area contributed by atoms with Gasteiger partial charge in [-0.3, -0.25) is 9.48 Å². The van der Waals surface area contributed by atoms with Gasteiger partial charge in [-0.15, -0.1) is 0 Å². The van der Waals surface area contributed by atoms with E-state index in [4.69, 9.17) is 5.11 Å². The van der Waals surface area contributed by atoms with Crippen molar-refractivity contribution < 1.29 is 18.3 Å². The largest absolute Gasteiger partial charge is 0.481 e. The molecule has 0 fully saturated rings. The van der Waals surface area contributed by atoms with Crippen LogP contribution in [-0.2, 0) is 21.9 Å². The van der Waals surface area contributed by atoms with Crippen LogP contribution in [-0.4, -0.2) is 46.2 Å². The van der Waals surface area contributed by atoms with E-state index in [0.717, 1.165) is 4.31 Å². The van der Waals surface area contributed by atoms with Gasteiger partial charge in [-0.25, -0.2) is 8.42 Å². The van der Waals surface area contributed by atoms with Gasteiger partial charge >= 0.3 is 5.97 Å². The Morgan fingerprint density at radius 2 is 2.22 bits per heavy atom. The molecule has 102 valence electrons. The predicted octanol–water partition coefficient (Wildman–Crippen LogP) is 0.294. The maximum Gasteiger partial charge on any atom is 0.304 e. The van der Waals surface area contributed by atoms with Crippen LogP contribution in [0.25, 0.3) is 0 Å². The highest BCUT2D eigenvalue weighted by molar-refractivity contribution is 7.89. The molecular weight excluding hydrogens is 258 g/mol. The molecule has 1 N–H and O–H groups in total. The SMILES string of the molecule is CCN(C(C)CC(=O)O)S(=O)(=O)c1cnn(C)c1. The quantitative estimate of drug-likeness (QED) is 0.805. The lowest BCUT2D eigenvalue weighted by Gasteiger charge is -2.25. The van der Waals surface area contributed by atoms with Crippen LogP contribution in [0.3, 0.4) is 0 Å². The van der Waals surface area contributed by atoms with E-state index >= 15 is 0 Å². The molecule has 1 aromatic heterocycles. The zero-order chi connectivity index (χ0) is 13.9. The summed E-state index contributed by atoms with van der Waals surface area (Å²) in [7, 11) is -2.07. The maximum atomic E-state index is 12.3. The van der Waals surface area contributed by atoms with E-state index in [1.807, 2.05) is 0 Å². The van der Waals surface area contributed by atoms with Crippen molar-refractivity contribution in [3.8, 4) is 0 Å². The van der Waals surface area contributed by atoms with Crippen molar-refractivity contribution in [2.24, 2.45) is 7.05 Å². The number of aryl methyl sites for hydroxylation is 1. The van der Waals surface area contributed by atoms with Crippen molar-refractivity contribution in [2.75, 3.05) is 6.54 Å². The van der Waals surface area contributed by atoms with Gasteiger partial charge in [0.05, 0.1) is 12.6 Å². The lowest BCUT2D eigenvalue weighted by molar-refractivity contribution is -0.137. The Kier molecular flexibility index (Phi) is 4.47. The summed E-state index contributed by atoms with van der Waals surface area (Å²) in [4.78, 5) is 10.7. The van der Waals surface area contributed by atoms with Gasteiger partial charge in [0, 0.05) is 25.8 Å². The summed E-state index contributed by atoms with van der Waals surface area (Å²) < 4.78 is 27.1. The van der Waals surface area contributed by atoms with E-state index in [1.54, 1.807) is 20.9 Å². The summed E-state index contributed by atoms with van der Waals surface area (Å²) >= 11 is 0. The van der Waals surface area contributed by atoms with Gasteiger partial charge < -0.3 is 5.11 Å². The minimum Gasteiger partial charge on any atom is -0.481 e. The smallest absolute Gasteiger partial charge is 0.304 e. The number of hydrogen-bond donors (Lipinski definition) is 1. The van der Waals surface area contributed by atoms with Crippen molar-refractivity contribution in [3.63, 3.8) is 0 Å². The Hall–Kier alpha value is -1.41. The zero-order valence-corrected chi connectivity index (χ0v) is 11.4. The van der Waals surface area contributed by atoms with Crippen molar-refractivity contribution in [3.05, 3.63) is 12.4 Å². The first-order chi connectivity index (χ1) is 8.28. The van der Waals surface area contributed by atoms with Gasteiger partial charge in [0.25, 0.3) is 0 Å². The molecule has 1 aromatic rings. The summed E-state index contributed by atoms with van der Waals surface area (Å²) in [5, 5.41) is 12.5. The Labute approximate surface area is 106 Å².